The zero-order valence-corrected chi connectivity index (χ0v) is 49.3. The maximum atomic E-state index is 15.2. The van der Waals surface area contributed by atoms with E-state index in [4.69, 9.17) is 16.3 Å². The number of alkyl halides is 2. The number of pyridine rings is 1. The highest BCUT2D eigenvalue weighted by Gasteiger charge is 2.43. The third-order valence-corrected chi connectivity index (χ3v) is 18.0. The van der Waals surface area contributed by atoms with Crippen molar-refractivity contribution in [2.75, 3.05) is 29.9 Å². The highest BCUT2D eigenvalue weighted by atomic mass is 32.2. The number of primary sulfonamides is 1. The average molecular weight is 1230 g/mol. The van der Waals surface area contributed by atoms with Gasteiger partial charge in [0.05, 0.1) is 41.3 Å². The number of likely N-dealkylation sites (tertiary alicyclic amines) is 2. The third kappa shape index (κ3) is 11.9. The number of aromatic nitrogens is 5. The standard InChI is InChI=1S/C63H63F2N15O8S/c1-3-36(37-12-17-51-46(24-37)57(59(66)83)73-79(51)33-56(82)78-31-43(65)27-54(78)63(86)72-50-16-11-39-23-44(89(68,87)88)14-15-45(39)50)9-6-22-76-29-40(19-21-70-76)38-13-18-52-47(25-38)58(60(67)84)74-80(52)34-55(81)77-30-42(64)26-53(77)62(85)71-49-10-4-8-41-28-75(32-48(41)49)61-35(2)7-5-20-69-61/h3-10,12-15,17-21,23-25,29,42-43,50,53-54,70H,11,16,22,26-28,30-34H2,1-2H3,(H2,66,83)(H2,67,84)(H,71,85)(H,72,86)(H2,68,87,88)/b9-6-,36-3+. The number of quaternary nitrogens is 1. The minimum atomic E-state index is -3.93. The molecule has 23 nitrogen and oxygen atoms in total. The Morgan fingerprint density at radius 2 is 1.55 bits per heavy atom. The van der Waals surface area contributed by atoms with Crippen molar-refractivity contribution in [2.45, 2.75) is 101 Å². The maximum absolute atomic E-state index is 15.2. The number of nitrogens with one attached hydrogen (secondary N) is 5. The summed E-state index contributed by atoms with van der Waals surface area (Å²) in [6.45, 7) is 3.89. The van der Waals surface area contributed by atoms with Gasteiger partial charge in [-0.15, -0.1) is 0 Å². The number of benzene rings is 4. The fourth-order valence-electron chi connectivity index (χ4n) is 12.8. The van der Waals surface area contributed by atoms with Gasteiger partial charge in [-0.2, -0.15) is 10.2 Å². The van der Waals surface area contributed by atoms with Crippen LogP contribution in [0.25, 0.3) is 33.0 Å². The molecular weight excluding hydrogens is 1160 g/mol. The lowest BCUT2D eigenvalue weighted by molar-refractivity contribution is -0.882. The number of allylic oxidation sites excluding steroid dienone is 5. The summed E-state index contributed by atoms with van der Waals surface area (Å²) in [4.78, 5) is 77.6. The van der Waals surface area contributed by atoms with Gasteiger partial charge in [-0.05, 0) is 132 Å². The molecule has 458 valence electrons. The molecule has 26 heteroatoms. The van der Waals surface area contributed by atoms with Crippen LogP contribution < -0.4 is 41.9 Å². The van der Waals surface area contributed by atoms with Crippen LogP contribution in [0.3, 0.4) is 0 Å². The maximum Gasteiger partial charge on any atom is 0.269 e. The summed E-state index contributed by atoms with van der Waals surface area (Å²) < 4.78 is 56.8. The van der Waals surface area contributed by atoms with E-state index in [9.17, 15) is 37.5 Å². The van der Waals surface area contributed by atoms with Crippen molar-refractivity contribution >= 4 is 89.9 Å². The van der Waals surface area contributed by atoms with E-state index in [1.807, 2.05) is 68.6 Å². The number of sulfonamides is 1. The molecule has 0 saturated carbocycles. The Labute approximate surface area is 509 Å². The van der Waals surface area contributed by atoms with Gasteiger partial charge in [-0.3, -0.25) is 33.3 Å². The van der Waals surface area contributed by atoms with Crippen molar-refractivity contribution in [3.63, 3.8) is 0 Å². The van der Waals surface area contributed by atoms with Gasteiger partial charge in [0.25, 0.3) is 5.91 Å². The highest BCUT2D eigenvalue weighted by Crippen LogP contribution is 2.36. The van der Waals surface area contributed by atoms with Gasteiger partial charge < -0.3 is 41.6 Å². The number of anilines is 2. The summed E-state index contributed by atoms with van der Waals surface area (Å²) in [6, 6.07) is 21.7. The second kappa shape index (κ2) is 24.0. The molecule has 7 aromatic rings. The predicted octanol–water partition coefficient (Wildman–Crippen LogP) is 3.28. The molecule has 0 radical (unpaired) electrons. The lowest BCUT2D eigenvalue weighted by Crippen LogP contribution is -3.13. The summed E-state index contributed by atoms with van der Waals surface area (Å²) in [6.07, 6.45) is 10.6. The van der Waals surface area contributed by atoms with Crippen molar-refractivity contribution in [3.8, 4) is 0 Å². The van der Waals surface area contributed by atoms with Gasteiger partial charge in [0.15, 0.2) is 5.69 Å². The fourth-order valence-corrected chi connectivity index (χ4v) is 13.3. The molecule has 1 aliphatic carbocycles. The largest absolute Gasteiger partial charge is 0.858 e. The first kappa shape index (κ1) is 59.4. The Bertz CT molecular complexity index is 4350. The van der Waals surface area contributed by atoms with Gasteiger partial charge in [0, 0.05) is 60.1 Å². The Hall–Kier alpha value is -9.92. The van der Waals surface area contributed by atoms with Crippen LogP contribution in [0.5, 0.6) is 0 Å². The number of nitrogens with two attached hydrogens (primary N) is 2. The van der Waals surface area contributed by atoms with Crippen LogP contribution in [-0.2, 0) is 61.8 Å². The predicted molar refractivity (Wildman–Crippen MR) is 325 cm³/mol. The molecule has 7 heterocycles. The molecule has 12 rings (SSSR count). The Morgan fingerprint density at radius 3 is 2.24 bits per heavy atom. The number of carbonyl (C=O) groups is 5. The molecule has 6 unspecified atom stereocenters. The molecule has 0 spiro atoms. The van der Waals surface area contributed by atoms with E-state index >= 15 is 8.78 Å². The second-order valence-corrected chi connectivity index (χ2v) is 24.4. The minimum absolute atomic E-state index is 0.0408. The second-order valence-electron chi connectivity index (χ2n) is 22.9. The van der Waals surface area contributed by atoms with E-state index in [1.165, 1.54) is 31.3 Å². The summed E-state index contributed by atoms with van der Waals surface area (Å²) in [5.41, 5.74) is 17.5. The van der Waals surface area contributed by atoms with Crippen molar-refractivity contribution in [1.29, 1.82) is 5.41 Å². The lowest BCUT2D eigenvalue weighted by atomic mass is 10.0. The monoisotopic (exact) mass is 1230 g/mol. The first-order chi connectivity index (χ1) is 42.7. The number of hydrogen-bond donors (Lipinski definition) is 7. The van der Waals surface area contributed by atoms with Gasteiger partial charge >= 0.3 is 0 Å². The molecule has 2 saturated heterocycles. The topological polar surface area (TPSA) is 317 Å². The number of amides is 5. The molecule has 4 aromatic carbocycles. The molecule has 5 aliphatic rings. The number of fused-ring (bicyclic) bond motifs is 4. The van der Waals surface area contributed by atoms with Gasteiger partial charge in [0.2, 0.25) is 33.7 Å². The van der Waals surface area contributed by atoms with E-state index in [-0.39, 0.29) is 42.2 Å². The van der Waals surface area contributed by atoms with E-state index in [1.54, 1.807) is 60.9 Å². The van der Waals surface area contributed by atoms with Crippen LogP contribution in [0.15, 0.2) is 133 Å². The van der Waals surface area contributed by atoms with E-state index in [0.717, 1.165) is 38.7 Å². The van der Waals surface area contributed by atoms with Gasteiger partial charge in [-0.1, -0.05) is 48.6 Å². The van der Waals surface area contributed by atoms with E-state index < -0.39 is 89.0 Å². The van der Waals surface area contributed by atoms with Crippen LogP contribution in [0.2, 0.25) is 0 Å². The number of primary amides is 1. The molecule has 5 amide bonds. The number of carbonyl (C=O) groups excluding carboxylic acids is 5. The third-order valence-electron chi connectivity index (χ3n) is 17.1. The molecule has 4 aliphatic heterocycles. The van der Waals surface area contributed by atoms with Gasteiger partial charge in [-0.25, -0.2) is 37.8 Å². The van der Waals surface area contributed by atoms with Gasteiger partial charge in [0.1, 0.15) is 61.8 Å². The zero-order chi connectivity index (χ0) is 62.6. The molecule has 2 fully saturated rings. The van der Waals surface area contributed by atoms with Crippen LogP contribution in [0, 0.1) is 12.3 Å². The van der Waals surface area contributed by atoms with Crippen LogP contribution in [-0.4, -0.2) is 122 Å². The SMILES string of the molecule is C/C=C(\C=C/C[NH+]1C=C(c2ccc3c(c2)c(C(=N)[O-])nn3CC(=O)N2CC(F)CC2C(=O)Nc2cccc3c2CN(c2ncccc2C)C3)C=CN1)c1ccc2c(c1)c(C(N)=O)nn2CC(=O)N1CC(F)CC1C(=O)NC1CCc2cc(S(N)(=O)=O)ccc21. The highest BCUT2D eigenvalue weighted by molar-refractivity contribution is 7.89. The molecular formula is C63H63F2N15O8S. The minimum Gasteiger partial charge on any atom is -0.858 e. The molecule has 89 heavy (non-hydrogen) atoms. The van der Waals surface area contributed by atoms with Crippen LogP contribution >= 0.6 is 0 Å². The van der Waals surface area contributed by atoms with Crippen LogP contribution in [0.1, 0.15) is 87.4 Å². The van der Waals surface area contributed by atoms with Crippen molar-refractivity contribution in [3.05, 3.63) is 178 Å². The average Bonchev–Trinajstić information content (AvgIpc) is 1.82. The number of nitrogens with zero attached hydrogens (tertiary/aromatic N) is 8. The number of rotatable bonds is 17. The molecule has 9 N–H and O–H groups in total. The summed E-state index contributed by atoms with van der Waals surface area (Å²) >= 11 is 0. The van der Waals surface area contributed by atoms with E-state index in [0.29, 0.717) is 82.2 Å². The quantitative estimate of drug-likeness (QED) is 0.0392. The number of hydrogen-bond acceptors (Lipinski definition) is 14. The molecule has 6 atom stereocenters. The Balaban J connectivity index is 0.694. The zero-order valence-electron chi connectivity index (χ0n) is 48.5. The van der Waals surface area contributed by atoms with Crippen molar-refractivity contribution in [1.82, 2.24) is 45.1 Å². The fraction of sp³-hybridized carbons (Fsp3) is 0.286. The number of aryl methyl sites for hydroxylation is 2. The molecule has 3 aromatic heterocycles. The normalized spacial score (nSPS) is 20.7. The number of halogens is 2. The Kier molecular flexibility index (Phi) is 16.0. The first-order valence-electron chi connectivity index (χ1n) is 29.0. The summed E-state index contributed by atoms with van der Waals surface area (Å²) in [5.74, 6) is -3.32. The van der Waals surface area contributed by atoms with Crippen LogP contribution in [0.4, 0.5) is 20.3 Å². The van der Waals surface area contributed by atoms with Crippen molar-refractivity contribution < 1.29 is 51.3 Å². The first-order valence-corrected chi connectivity index (χ1v) is 30.6. The smallest absolute Gasteiger partial charge is 0.269 e. The lowest BCUT2D eigenvalue weighted by Gasteiger charge is -2.25. The van der Waals surface area contributed by atoms with Crippen molar-refractivity contribution in [2.24, 2.45) is 10.9 Å². The molecule has 0 bridgehead atoms. The Morgan fingerprint density at radius 1 is 0.854 bits per heavy atom. The van der Waals surface area contributed by atoms with E-state index in [2.05, 4.69) is 36.1 Å². The summed E-state index contributed by atoms with van der Waals surface area (Å²) in [7, 11) is -3.93. The summed E-state index contributed by atoms with van der Waals surface area (Å²) in [5, 5.41) is 42.4.